The molecule has 0 atom stereocenters. The molecule has 0 fully saturated rings. The van der Waals surface area contributed by atoms with E-state index in [0.29, 0.717) is 0 Å². The summed E-state index contributed by atoms with van der Waals surface area (Å²) >= 11 is 0. The van der Waals surface area contributed by atoms with Gasteiger partial charge in [0.1, 0.15) is 0 Å². The summed E-state index contributed by atoms with van der Waals surface area (Å²) in [6.45, 7) is 10.0. The lowest BCUT2D eigenvalue weighted by atomic mass is 9.94. The number of hydrogen-bond acceptors (Lipinski definition) is 1. The topological polar surface area (TPSA) is 20.2 Å². The SMILES string of the molecule is C=C/C=C(\C)C1=CC=C(/C=C/O)CC1.CCC. The Bertz CT molecular complexity index is 341. The van der Waals surface area contributed by atoms with Crippen molar-refractivity contribution in [3.05, 3.63) is 59.9 Å². The van der Waals surface area contributed by atoms with Crippen LogP contribution < -0.4 is 0 Å². The van der Waals surface area contributed by atoms with Gasteiger partial charge in [-0.05, 0) is 42.6 Å². The predicted octanol–water partition coefficient (Wildman–Crippen LogP) is 5.25. The molecule has 0 aromatic carbocycles. The third-order valence-corrected chi connectivity index (χ3v) is 2.34. The highest BCUT2D eigenvalue weighted by Crippen LogP contribution is 2.24. The lowest BCUT2D eigenvalue weighted by molar-refractivity contribution is 0.473. The number of hydrogen-bond donors (Lipinski definition) is 1. The molecule has 0 aromatic heterocycles. The lowest BCUT2D eigenvalue weighted by Gasteiger charge is -2.12. The average Bonchev–Trinajstić information content (AvgIpc) is 2.32. The molecule has 0 radical (unpaired) electrons. The molecule has 0 heterocycles. The molecule has 1 aliphatic rings. The second kappa shape index (κ2) is 9.71. The van der Waals surface area contributed by atoms with Gasteiger partial charge in [0.2, 0.25) is 0 Å². The van der Waals surface area contributed by atoms with Gasteiger partial charge in [0.15, 0.2) is 0 Å². The van der Waals surface area contributed by atoms with Crippen molar-refractivity contribution in [2.24, 2.45) is 0 Å². The van der Waals surface area contributed by atoms with Gasteiger partial charge in [-0.2, -0.15) is 0 Å². The van der Waals surface area contributed by atoms with Crippen LogP contribution in [-0.4, -0.2) is 5.11 Å². The zero-order chi connectivity index (χ0) is 13.1. The first-order chi connectivity index (χ1) is 8.19. The van der Waals surface area contributed by atoms with Gasteiger partial charge in [-0.1, -0.05) is 51.2 Å². The van der Waals surface area contributed by atoms with Crippen LogP contribution >= 0.6 is 0 Å². The normalized spacial score (nSPS) is 15.8. The van der Waals surface area contributed by atoms with Gasteiger partial charge >= 0.3 is 0 Å². The second-order valence-electron chi connectivity index (χ2n) is 4.04. The molecule has 0 bridgehead atoms. The van der Waals surface area contributed by atoms with Crippen LogP contribution in [0, 0.1) is 0 Å². The van der Waals surface area contributed by atoms with Crippen LogP contribution in [0.25, 0.3) is 0 Å². The van der Waals surface area contributed by atoms with Crippen molar-refractivity contribution in [1.29, 1.82) is 0 Å². The van der Waals surface area contributed by atoms with E-state index < -0.39 is 0 Å². The van der Waals surface area contributed by atoms with Crippen molar-refractivity contribution in [2.75, 3.05) is 0 Å². The van der Waals surface area contributed by atoms with E-state index >= 15 is 0 Å². The molecule has 94 valence electrons. The minimum Gasteiger partial charge on any atom is -0.516 e. The molecule has 0 aliphatic heterocycles. The fourth-order valence-electron chi connectivity index (χ4n) is 1.50. The summed E-state index contributed by atoms with van der Waals surface area (Å²) < 4.78 is 0. The number of aliphatic hydroxyl groups is 1. The fraction of sp³-hybridized carbons (Fsp3) is 0.375. The molecule has 1 nitrogen and oxygen atoms in total. The Hall–Kier alpha value is -1.50. The van der Waals surface area contributed by atoms with Crippen molar-refractivity contribution in [1.82, 2.24) is 0 Å². The Morgan fingerprint density at radius 1 is 1.35 bits per heavy atom. The van der Waals surface area contributed by atoms with Crippen LogP contribution in [0.1, 0.15) is 40.0 Å². The van der Waals surface area contributed by atoms with Gasteiger partial charge in [-0.3, -0.25) is 0 Å². The molecule has 0 amide bonds. The van der Waals surface area contributed by atoms with Gasteiger partial charge in [0.25, 0.3) is 0 Å². The Morgan fingerprint density at radius 3 is 2.41 bits per heavy atom. The van der Waals surface area contributed by atoms with Gasteiger partial charge in [-0.25, -0.2) is 0 Å². The third-order valence-electron chi connectivity index (χ3n) is 2.34. The van der Waals surface area contributed by atoms with Crippen LogP contribution in [0.2, 0.25) is 0 Å². The lowest BCUT2D eigenvalue weighted by Crippen LogP contribution is -1.93. The van der Waals surface area contributed by atoms with Gasteiger partial charge in [0, 0.05) is 0 Å². The minimum absolute atomic E-state index is 0.991. The Balaban J connectivity index is 0.000000770. The molecular weight excluding hydrogens is 208 g/mol. The van der Waals surface area contributed by atoms with Crippen molar-refractivity contribution >= 4 is 0 Å². The summed E-state index contributed by atoms with van der Waals surface area (Å²) in [5.74, 6) is 0. The highest BCUT2D eigenvalue weighted by Gasteiger charge is 2.05. The van der Waals surface area contributed by atoms with Crippen LogP contribution in [0.3, 0.4) is 0 Å². The zero-order valence-corrected chi connectivity index (χ0v) is 11.2. The molecule has 1 heteroatoms. The van der Waals surface area contributed by atoms with Gasteiger partial charge < -0.3 is 5.11 Å². The van der Waals surface area contributed by atoms with E-state index in [9.17, 15) is 0 Å². The first-order valence-corrected chi connectivity index (χ1v) is 6.19. The quantitative estimate of drug-likeness (QED) is 0.520. The Labute approximate surface area is 106 Å². The molecule has 0 saturated heterocycles. The van der Waals surface area contributed by atoms with Crippen molar-refractivity contribution in [2.45, 2.75) is 40.0 Å². The molecule has 0 spiro atoms. The van der Waals surface area contributed by atoms with E-state index in [2.05, 4.69) is 33.4 Å². The van der Waals surface area contributed by atoms with Crippen LogP contribution in [-0.2, 0) is 0 Å². The van der Waals surface area contributed by atoms with Crippen molar-refractivity contribution < 1.29 is 5.11 Å². The summed E-state index contributed by atoms with van der Waals surface area (Å²) in [5, 5.41) is 8.61. The monoisotopic (exact) mass is 232 g/mol. The number of aliphatic hydroxyl groups excluding tert-OH is 1. The van der Waals surface area contributed by atoms with Crippen molar-refractivity contribution in [3.63, 3.8) is 0 Å². The van der Waals surface area contributed by atoms with E-state index in [0.717, 1.165) is 19.1 Å². The number of allylic oxidation sites excluding steroid dienone is 8. The van der Waals surface area contributed by atoms with E-state index in [1.807, 2.05) is 18.2 Å². The highest BCUT2D eigenvalue weighted by molar-refractivity contribution is 5.40. The highest BCUT2D eigenvalue weighted by atomic mass is 16.2. The largest absolute Gasteiger partial charge is 0.516 e. The smallest absolute Gasteiger partial charge is 0.0794 e. The van der Waals surface area contributed by atoms with E-state index in [1.165, 1.54) is 23.1 Å². The first-order valence-electron chi connectivity index (χ1n) is 6.19. The molecule has 1 aliphatic carbocycles. The zero-order valence-electron chi connectivity index (χ0n) is 11.2. The molecule has 0 saturated carbocycles. The number of rotatable bonds is 3. The van der Waals surface area contributed by atoms with Gasteiger partial charge in [-0.15, -0.1) is 0 Å². The van der Waals surface area contributed by atoms with E-state index in [-0.39, 0.29) is 0 Å². The van der Waals surface area contributed by atoms with Gasteiger partial charge in [0.05, 0.1) is 6.26 Å². The Kier molecular flexibility index (Phi) is 8.85. The summed E-state index contributed by atoms with van der Waals surface area (Å²) in [5.41, 5.74) is 3.78. The molecule has 1 rings (SSSR count). The maximum Gasteiger partial charge on any atom is 0.0794 e. The molecule has 17 heavy (non-hydrogen) atoms. The van der Waals surface area contributed by atoms with E-state index in [1.54, 1.807) is 6.08 Å². The molecule has 0 unspecified atom stereocenters. The van der Waals surface area contributed by atoms with Crippen LogP contribution in [0.4, 0.5) is 0 Å². The maximum absolute atomic E-state index is 8.61. The first kappa shape index (κ1) is 15.5. The summed E-state index contributed by atoms with van der Waals surface area (Å²) in [6, 6.07) is 0. The maximum atomic E-state index is 8.61. The molecule has 0 aromatic rings. The van der Waals surface area contributed by atoms with E-state index in [4.69, 9.17) is 5.11 Å². The summed E-state index contributed by atoms with van der Waals surface area (Å²) in [7, 11) is 0. The standard InChI is InChI=1S/C13H16O.C3H8/c1-3-4-11(2)13-7-5-12(6-8-13)9-10-14;1-3-2/h3-5,7,9-10,14H,1,6,8H2,2H3;3H2,1-2H3/b10-9+,11-4+;. The summed E-state index contributed by atoms with van der Waals surface area (Å²) in [6.07, 6.45) is 14.1. The third kappa shape index (κ3) is 6.62. The predicted molar refractivity (Wildman–Crippen MR) is 77.1 cm³/mol. The van der Waals surface area contributed by atoms with Crippen LogP contribution in [0.5, 0.6) is 0 Å². The fourth-order valence-corrected chi connectivity index (χ4v) is 1.50. The van der Waals surface area contributed by atoms with Crippen LogP contribution in [0.15, 0.2) is 59.9 Å². The Morgan fingerprint density at radius 2 is 2.00 bits per heavy atom. The molecular formula is C16H24O. The minimum atomic E-state index is 0.991. The summed E-state index contributed by atoms with van der Waals surface area (Å²) in [4.78, 5) is 0. The second-order valence-corrected chi connectivity index (χ2v) is 4.04. The molecule has 1 N–H and O–H groups in total. The van der Waals surface area contributed by atoms with Crippen molar-refractivity contribution in [3.8, 4) is 0 Å². The average molecular weight is 232 g/mol.